The molecule has 3 saturated heterocycles. The number of nitrogens with one attached hydrogen (secondary N) is 1. The molecule has 0 spiro atoms. The summed E-state index contributed by atoms with van der Waals surface area (Å²) >= 11 is 0. The van der Waals surface area contributed by atoms with Crippen LogP contribution in [0.3, 0.4) is 0 Å². The van der Waals surface area contributed by atoms with E-state index in [1.807, 2.05) is 45.9 Å². The molecule has 49 heavy (non-hydrogen) atoms. The predicted octanol–water partition coefficient (Wildman–Crippen LogP) is 9.05. The summed E-state index contributed by atoms with van der Waals surface area (Å²) < 4.78 is 37.9. The van der Waals surface area contributed by atoms with Crippen LogP contribution in [-0.4, -0.2) is 70.8 Å². The first-order chi connectivity index (χ1) is 23.0. The zero-order valence-electron chi connectivity index (χ0n) is 29.2. The van der Waals surface area contributed by atoms with E-state index < -0.39 is 5.82 Å². The minimum Gasteiger partial charge on any atom is -0.461 e. The summed E-state index contributed by atoms with van der Waals surface area (Å²) in [5.74, 6) is -0.112. The molecule has 2 aromatic heterocycles. The van der Waals surface area contributed by atoms with Crippen LogP contribution in [0.4, 0.5) is 19.3 Å². The second kappa shape index (κ2) is 17.3. The summed E-state index contributed by atoms with van der Waals surface area (Å²) in [6.45, 7) is 20.9. The molecule has 0 amide bonds. The Balaban J connectivity index is 0.000000917. The third-order valence-corrected chi connectivity index (χ3v) is 9.93. The fraction of sp³-hybridized carbons (Fsp3) is 0.513. The Hall–Kier alpha value is -3.76. The molecule has 1 unspecified atom stereocenters. The van der Waals surface area contributed by atoms with E-state index in [-0.39, 0.29) is 48.2 Å². The van der Waals surface area contributed by atoms with Gasteiger partial charge in [0.05, 0.1) is 16.6 Å². The normalized spacial score (nSPS) is 18.5. The van der Waals surface area contributed by atoms with Crippen molar-refractivity contribution in [3.05, 3.63) is 66.4 Å². The largest absolute Gasteiger partial charge is 0.461 e. The molecule has 6 heterocycles. The average Bonchev–Trinajstić information content (AvgIpc) is 3.67. The van der Waals surface area contributed by atoms with Gasteiger partial charge in [-0.15, -0.1) is 13.2 Å². The van der Waals surface area contributed by atoms with Crippen molar-refractivity contribution in [1.29, 1.82) is 0 Å². The van der Waals surface area contributed by atoms with Gasteiger partial charge in [0.1, 0.15) is 29.5 Å². The number of aromatic nitrogens is 3. The molecule has 3 fully saturated rings. The summed E-state index contributed by atoms with van der Waals surface area (Å²) in [4.78, 5) is 19.5. The molecule has 0 aliphatic carbocycles. The highest BCUT2D eigenvalue weighted by atomic mass is 19.1. The zero-order chi connectivity index (χ0) is 33.7. The number of rotatable bonds is 4. The summed E-state index contributed by atoms with van der Waals surface area (Å²) in [6, 6.07) is 9.27. The van der Waals surface area contributed by atoms with Crippen molar-refractivity contribution in [3.63, 3.8) is 0 Å². The lowest BCUT2D eigenvalue weighted by Crippen LogP contribution is -2.51. The maximum atomic E-state index is 16.8. The number of anilines is 1. The van der Waals surface area contributed by atoms with Crippen LogP contribution in [0.5, 0.6) is 6.01 Å². The van der Waals surface area contributed by atoms with E-state index in [1.54, 1.807) is 13.0 Å². The first-order valence-corrected chi connectivity index (χ1v) is 17.5. The fourth-order valence-electron chi connectivity index (χ4n) is 7.83. The predicted molar refractivity (Wildman–Crippen MR) is 201 cm³/mol. The molecule has 1 atom stereocenters. The number of piperazine rings is 1. The van der Waals surface area contributed by atoms with Gasteiger partial charge in [-0.1, -0.05) is 59.4 Å². The van der Waals surface area contributed by atoms with Gasteiger partial charge in [0, 0.05) is 32.7 Å². The lowest BCUT2D eigenvalue weighted by molar-refractivity contribution is 0.108. The van der Waals surface area contributed by atoms with Gasteiger partial charge in [-0.05, 0) is 80.9 Å². The highest BCUT2D eigenvalue weighted by Crippen LogP contribution is 2.42. The van der Waals surface area contributed by atoms with E-state index in [9.17, 15) is 4.39 Å². The number of fused-ring (bicyclic) bond motifs is 4. The maximum absolute atomic E-state index is 16.8. The molecular weight excluding hydrogens is 625 g/mol. The van der Waals surface area contributed by atoms with Gasteiger partial charge in [0.2, 0.25) is 0 Å². The van der Waals surface area contributed by atoms with Gasteiger partial charge in [-0.25, -0.2) is 13.8 Å². The van der Waals surface area contributed by atoms with Gasteiger partial charge in [0.15, 0.2) is 5.82 Å². The highest BCUT2D eigenvalue weighted by Gasteiger charge is 2.45. The quantitative estimate of drug-likeness (QED) is 0.216. The van der Waals surface area contributed by atoms with Crippen LogP contribution in [0.15, 0.2) is 43.5 Å². The third-order valence-electron chi connectivity index (χ3n) is 9.93. The van der Waals surface area contributed by atoms with E-state index in [0.29, 0.717) is 40.7 Å². The molecule has 4 aliphatic heterocycles. The summed E-state index contributed by atoms with van der Waals surface area (Å²) in [5, 5.41) is 5.70. The first kappa shape index (κ1) is 39.7. The second-order valence-electron chi connectivity index (χ2n) is 12.1. The molecule has 0 bridgehead atoms. The van der Waals surface area contributed by atoms with Crippen molar-refractivity contribution >= 4 is 27.5 Å². The second-order valence-corrected chi connectivity index (χ2v) is 12.1. The molecule has 0 saturated carbocycles. The first-order valence-electron chi connectivity index (χ1n) is 17.5. The maximum Gasteiger partial charge on any atom is 0.319 e. The van der Waals surface area contributed by atoms with E-state index >= 15 is 4.39 Å². The SMILES string of the molecule is C.C=C.CC.CC.Cc1c(F)ccc2cccc(-c3nc4c5c(nc(OCC67CCCN6CCC7)nc5c3F)N3CCNCC3CC4)c12.F.[HH]. The number of hydrogen-bond acceptors (Lipinski definition) is 7. The summed E-state index contributed by atoms with van der Waals surface area (Å²) in [7, 11) is 0. The van der Waals surface area contributed by atoms with Crippen molar-refractivity contribution in [3.8, 4) is 17.3 Å². The number of pyridine rings is 1. The van der Waals surface area contributed by atoms with Gasteiger partial charge in [-0.2, -0.15) is 9.97 Å². The van der Waals surface area contributed by atoms with Crippen molar-refractivity contribution < 1.29 is 19.6 Å². The Morgan fingerprint density at radius 3 is 2.41 bits per heavy atom. The van der Waals surface area contributed by atoms with Crippen molar-refractivity contribution in [2.75, 3.05) is 44.2 Å². The number of ether oxygens (including phenoxy) is 1. The van der Waals surface area contributed by atoms with Crippen LogP contribution in [-0.2, 0) is 6.42 Å². The van der Waals surface area contributed by atoms with Crippen LogP contribution in [0, 0.1) is 18.6 Å². The molecule has 2 aromatic carbocycles. The van der Waals surface area contributed by atoms with Crippen molar-refractivity contribution in [2.24, 2.45) is 0 Å². The number of aryl methyl sites for hydroxylation is 2. The van der Waals surface area contributed by atoms with E-state index in [0.717, 1.165) is 63.1 Å². The van der Waals surface area contributed by atoms with Gasteiger partial charge < -0.3 is 15.0 Å². The lowest BCUT2D eigenvalue weighted by atomic mass is 9.95. The smallest absolute Gasteiger partial charge is 0.319 e. The van der Waals surface area contributed by atoms with Crippen LogP contribution in [0.1, 0.15) is 79.9 Å². The Bertz CT molecular complexity index is 1710. The molecule has 270 valence electrons. The summed E-state index contributed by atoms with van der Waals surface area (Å²) in [5.41, 5.74) is 2.32. The van der Waals surface area contributed by atoms with Crippen molar-refractivity contribution in [2.45, 2.75) is 92.2 Å². The fourth-order valence-corrected chi connectivity index (χ4v) is 7.83. The lowest BCUT2D eigenvalue weighted by Gasteiger charge is -2.36. The highest BCUT2D eigenvalue weighted by molar-refractivity contribution is 6.01. The molecule has 10 heteroatoms. The average molecular weight is 683 g/mol. The minimum atomic E-state index is -0.511. The van der Waals surface area contributed by atoms with Gasteiger partial charge >= 0.3 is 6.01 Å². The summed E-state index contributed by atoms with van der Waals surface area (Å²) in [6.07, 6.45) is 6.11. The third kappa shape index (κ3) is 7.13. The Labute approximate surface area is 292 Å². The molecular formula is C39H57F3N6O. The Morgan fingerprint density at radius 2 is 1.69 bits per heavy atom. The molecule has 4 aromatic rings. The topological polar surface area (TPSA) is 66.4 Å². The number of halogens is 3. The number of hydrogen-bond donors (Lipinski definition) is 1. The van der Waals surface area contributed by atoms with Crippen LogP contribution >= 0.6 is 0 Å². The van der Waals surface area contributed by atoms with Gasteiger partial charge in [-0.3, -0.25) is 9.60 Å². The standard InChI is InChI=1S/C32H34F2N6O.2C2H6.C2H4.CH4.FH.H2/c1-19-23(33)9-7-20-5-2-6-22(25(19)20)28-27(34)29-26-24(36-28)10-8-21-17-35-13-16-40(21)30(26)38-31(37-29)41-18-32-11-3-14-39(32)15-4-12-32;3*1-2;;;/h2,5-7,9,21,35H,3-4,8,10-18H2,1H3;2*1-2H3;1-2H2;1H4;2*1H. The van der Waals surface area contributed by atoms with Gasteiger partial charge in [0.25, 0.3) is 0 Å². The molecule has 8 rings (SSSR count). The number of nitrogens with zero attached hydrogens (tertiary/aromatic N) is 5. The van der Waals surface area contributed by atoms with Crippen LogP contribution < -0.4 is 15.0 Å². The van der Waals surface area contributed by atoms with Crippen LogP contribution in [0.25, 0.3) is 32.9 Å². The number of benzene rings is 2. The molecule has 0 radical (unpaired) electrons. The van der Waals surface area contributed by atoms with Crippen LogP contribution in [0.2, 0.25) is 0 Å². The monoisotopic (exact) mass is 682 g/mol. The minimum absolute atomic E-state index is 0. The van der Waals surface area contributed by atoms with E-state index in [4.69, 9.17) is 19.7 Å². The Kier molecular flexibility index (Phi) is 14.0. The van der Waals surface area contributed by atoms with Crippen molar-refractivity contribution in [1.82, 2.24) is 25.2 Å². The molecule has 4 aliphatic rings. The molecule has 7 nitrogen and oxygen atoms in total. The van der Waals surface area contributed by atoms with E-state index in [1.165, 1.54) is 18.9 Å². The zero-order valence-corrected chi connectivity index (χ0v) is 29.2. The Morgan fingerprint density at radius 1 is 0.980 bits per heavy atom. The molecule has 1 N–H and O–H groups in total. The van der Waals surface area contributed by atoms with E-state index in [2.05, 4.69) is 28.3 Å².